The van der Waals surface area contributed by atoms with Crippen molar-refractivity contribution in [3.8, 4) is 0 Å². The Balaban J connectivity index is 3.08. The van der Waals surface area contributed by atoms with E-state index in [-0.39, 0.29) is 17.2 Å². The van der Waals surface area contributed by atoms with E-state index < -0.39 is 11.8 Å². The average molecular weight is 296 g/mol. The molecule has 0 atom stereocenters. The van der Waals surface area contributed by atoms with Gasteiger partial charge in [0.2, 0.25) is 0 Å². The first-order valence-electron chi connectivity index (χ1n) is 4.31. The number of benzene rings is 1. The first kappa shape index (κ1) is 12.5. The summed E-state index contributed by atoms with van der Waals surface area (Å²) in [6.07, 6.45) is 0. The van der Waals surface area contributed by atoms with E-state index in [0.717, 1.165) is 6.07 Å². The van der Waals surface area contributed by atoms with Crippen molar-refractivity contribution in [3.05, 3.63) is 34.1 Å². The molecule has 0 saturated heterocycles. The van der Waals surface area contributed by atoms with Gasteiger partial charge < -0.3 is 4.74 Å². The van der Waals surface area contributed by atoms with Crippen LogP contribution in [0.2, 0.25) is 5.02 Å². The highest BCUT2D eigenvalue weighted by Crippen LogP contribution is 2.24. The van der Waals surface area contributed by atoms with Crippen LogP contribution in [-0.4, -0.2) is 12.6 Å². The third-order valence-electron chi connectivity index (χ3n) is 1.79. The van der Waals surface area contributed by atoms with Gasteiger partial charge in [-0.3, -0.25) is 0 Å². The summed E-state index contributed by atoms with van der Waals surface area (Å²) >= 11 is 8.91. The zero-order chi connectivity index (χ0) is 11.4. The molecule has 0 N–H and O–H groups in total. The predicted octanol–water partition coefficient (Wildman–Crippen LogP) is 3.55. The Kier molecular flexibility index (Phi) is 4.54. The Bertz CT molecular complexity index is 359. The molecule has 0 saturated carbocycles. The Hall–Kier alpha value is -0.610. The summed E-state index contributed by atoms with van der Waals surface area (Å²) in [6, 6.07) is 2.53. The van der Waals surface area contributed by atoms with Gasteiger partial charge in [0.25, 0.3) is 0 Å². The molecule has 1 aromatic rings. The lowest BCUT2D eigenvalue weighted by Gasteiger charge is -2.06. The highest BCUT2D eigenvalue weighted by atomic mass is 79.9. The van der Waals surface area contributed by atoms with Crippen molar-refractivity contribution in [3.63, 3.8) is 0 Å². The van der Waals surface area contributed by atoms with E-state index in [1.54, 1.807) is 6.92 Å². The Morgan fingerprint density at radius 2 is 2.27 bits per heavy atom. The Labute approximate surface area is 101 Å². The summed E-state index contributed by atoms with van der Waals surface area (Å²) in [5.74, 6) is -1.08. The van der Waals surface area contributed by atoms with E-state index in [2.05, 4.69) is 15.9 Å². The van der Waals surface area contributed by atoms with E-state index in [9.17, 15) is 9.18 Å². The fraction of sp³-hybridized carbons (Fsp3) is 0.300. The quantitative estimate of drug-likeness (QED) is 0.629. The smallest absolute Gasteiger partial charge is 0.338 e. The van der Waals surface area contributed by atoms with Crippen molar-refractivity contribution in [2.75, 3.05) is 6.61 Å². The number of ether oxygens (including phenoxy) is 1. The minimum atomic E-state index is -0.570. The average Bonchev–Trinajstić information content (AvgIpc) is 2.17. The van der Waals surface area contributed by atoms with Gasteiger partial charge in [-0.1, -0.05) is 27.5 Å². The van der Waals surface area contributed by atoms with Gasteiger partial charge in [0, 0.05) is 15.9 Å². The molecule has 0 aromatic heterocycles. The number of alkyl halides is 1. The van der Waals surface area contributed by atoms with Crippen LogP contribution in [0.25, 0.3) is 0 Å². The molecule has 0 amide bonds. The fourth-order valence-electron chi connectivity index (χ4n) is 1.06. The second-order valence-electron chi connectivity index (χ2n) is 2.77. The molecule has 0 aliphatic rings. The second-order valence-corrected chi connectivity index (χ2v) is 3.74. The highest BCUT2D eigenvalue weighted by Gasteiger charge is 2.13. The Morgan fingerprint density at radius 3 is 2.73 bits per heavy atom. The molecular weight excluding hydrogens is 286 g/mol. The molecular formula is C10H9BrClFO2. The van der Waals surface area contributed by atoms with E-state index in [0.29, 0.717) is 10.9 Å². The molecule has 0 unspecified atom stereocenters. The van der Waals surface area contributed by atoms with Crippen molar-refractivity contribution in [1.29, 1.82) is 0 Å². The lowest BCUT2D eigenvalue weighted by Crippen LogP contribution is -2.06. The number of halogens is 3. The second kappa shape index (κ2) is 5.47. The monoisotopic (exact) mass is 294 g/mol. The number of hydrogen-bond donors (Lipinski definition) is 0. The van der Waals surface area contributed by atoms with Gasteiger partial charge in [-0.05, 0) is 19.1 Å². The third kappa shape index (κ3) is 2.92. The van der Waals surface area contributed by atoms with Crippen LogP contribution in [0.5, 0.6) is 0 Å². The first-order valence-corrected chi connectivity index (χ1v) is 5.81. The van der Waals surface area contributed by atoms with Crippen LogP contribution in [-0.2, 0) is 10.1 Å². The molecule has 1 rings (SSSR count). The van der Waals surface area contributed by atoms with Crippen LogP contribution >= 0.6 is 27.5 Å². The maximum Gasteiger partial charge on any atom is 0.338 e. The van der Waals surface area contributed by atoms with Crippen LogP contribution in [0, 0.1) is 5.82 Å². The molecule has 1 aromatic carbocycles. The minimum absolute atomic E-state index is 0.129. The number of rotatable bonds is 3. The summed E-state index contributed by atoms with van der Waals surface area (Å²) in [6.45, 7) is 1.93. The van der Waals surface area contributed by atoms with Crippen molar-refractivity contribution in [2.24, 2.45) is 0 Å². The van der Waals surface area contributed by atoms with Crippen LogP contribution in [0.3, 0.4) is 0 Å². The molecule has 5 heteroatoms. The van der Waals surface area contributed by atoms with Crippen molar-refractivity contribution in [1.82, 2.24) is 0 Å². The molecule has 0 spiro atoms. The summed E-state index contributed by atoms with van der Waals surface area (Å²) < 4.78 is 18.1. The SMILES string of the molecule is CCOC(=O)c1cc(F)c(CBr)c(Cl)c1. The number of carbonyl (C=O) groups excluding carboxylic acids is 1. The molecule has 0 radical (unpaired) electrons. The molecule has 0 aliphatic heterocycles. The minimum Gasteiger partial charge on any atom is -0.462 e. The van der Waals surface area contributed by atoms with E-state index in [1.165, 1.54) is 6.07 Å². The van der Waals surface area contributed by atoms with Gasteiger partial charge in [0.1, 0.15) is 5.82 Å². The van der Waals surface area contributed by atoms with E-state index in [4.69, 9.17) is 16.3 Å². The normalized spacial score (nSPS) is 10.1. The lowest BCUT2D eigenvalue weighted by atomic mass is 10.1. The van der Waals surface area contributed by atoms with Gasteiger partial charge in [0.15, 0.2) is 0 Å². The van der Waals surface area contributed by atoms with Crippen LogP contribution in [0.15, 0.2) is 12.1 Å². The largest absolute Gasteiger partial charge is 0.462 e. The van der Waals surface area contributed by atoms with Gasteiger partial charge in [-0.25, -0.2) is 9.18 Å². The molecule has 82 valence electrons. The fourth-order valence-corrected chi connectivity index (χ4v) is 2.07. The van der Waals surface area contributed by atoms with Crippen molar-refractivity contribution in [2.45, 2.75) is 12.3 Å². The summed E-state index contributed by atoms with van der Waals surface area (Å²) in [4.78, 5) is 11.3. The van der Waals surface area contributed by atoms with Gasteiger partial charge >= 0.3 is 5.97 Å². The first-order chi connectivity index (χ1) is 7.10. The molecule has 2 nitrogen and oxygen atoms in total. The summed E-state index contributed by atoms with van der Waals surface area (Å²) in [7, 11) is 0. The number of hydrogen-bond acceptors (Lipinski definition) is 2. The van der Waals surface area contributed by atoms with Crippen LogP contribution < -0.4 is 0 Å². The Morgan fingerprint density at radius 1 is 1.60 bits per heavy atom. The van der Waals surface area contributed by atoms with Crippen molar-refractivity contribution < 1.29 is 13.9 Å². The summed E-state index contributed by atoms with van der Waals surface area (Å²) in [5, 5.41) is 0.524. The summed E-state index contributed by atoms with van der Waals surface area (Å²) in [5.41, 5.74) is 0.466. The topological polar surface area (TPSA) is 26.3 Å². The van der Waals surface area contributed by atoms with Crippen molar-refractivity contribution >= 4 is 33.5 Å². The maximum atomic E-state index is 13.4. The van der Waals surface area contributed by atoms with Gasteiger partial charge in [-0.2, -0.15) is 0 Å². The van der Waals surface area contributed by atoms with Crippen LogP contribution in [0.1, 0.15) is 22.8 Å². The predicted molar refractivity (Wildman–Crippen MR) is 60.0 cm³/mol. The highest BCUT2D eigenvalue weighted by molar-refractivity contribution is 9.08. The molecule has 0 heterocycles. The van der Waals surface area contributed by atoms with E-state index in [1.807, 2.05) is 0 Å². The molecule has 0 fully saturated rings. The lowest BCUT2D eigenvalue weighted by molar-refractivity contribution is 0.0526. The number of carbonyl (C=O) groups is 1. The standard InChI is InChI=1S/C10H9BrClFO2/c1-2-15-10(14)6-3-8(12)7(5-11)9(13)4-6/h3-4H,2,5H2,1H3. The van der Waals surface area contributed by atoms with Gasteiger partial charge in [0.05, 0.1) is 12.2 Å². The zero-order valence-corrected chi connectivity index (χ0v) is 10.4. The molecule has 0 aliphatic carbocycles. The third-order valence-corrected chi connectivity index (χ3v) is 2.68. The molecule has 0 bridgehead atoms. The zero-order valence-electron chi connectivity index (χ0n) is 8.02. The number of esters is 1. The molecule has 15 heavy (non-hydrogen) atoms. The maximum absolute atomic E-state index is 13.4. The van der Waals surface area contributed by atoms with E-state index >= 15 is 0 Å². The van der Waals surface area contributed by atoms with Gasteiger partial charge in [-0.15, -0.1) is 0 Å². The van der Waals surface area contributed by atoms with Crippen LogP contribution in [0.4, 0.5) is 4.39 Å².